The van der Waals surface area contributed by atoms with Crippen molar-refractivity contribution >= 4 is 48.1 Å². The molecule has 0 bridgehead atoms. The minimum atomic E-state index is -3.57. The zero-order valence-corrected chi connectivity index (χ0v) is 21.2. The molecule has 0 aliphatic heterocycles. The van der Waals surface area contributed by atoms with E-state index < -0.39 is 35.4 Å². The number of hydrogen-bond acceptors (Lipinski definition) is 7. The zero-order chi connectivity index (χ0) is 24.7. The molecule has 1 amide bonds. The highest BCUT2D eigenvalue weighted by Gasteiger charge is 2.36. The Kier molecular flexibility index (Phi) is 12.0. The first kappa shape index (κ1) is 31.0. The summed E-state index contributed by atoms with van der Waals surface area (Å²) >= 11 is 6.04. The number of anilines is 1. The van der Waals surface area contributed by atoms with Crippen LogP contribution in [-0.2, 0) is 30.2 Å². The maximum atomic E-state index is 14.4. The molecule has 196 valence electrons. The molecule has 0 saturated carbocycles. The Morgan fingerprint density at radius 1 is 1.17 bits per heavy atom. The number of aromatic nitrogens is 3. The molecule has 1 aromatic carbocycles. The normalized spacial score (nSPS) is 10.7. The summed E-state index contributed by atoms with van der Waals surface area (Å²) in [5, 5.41) is 15.1. The lowest BCUT2D eigenvalue weighted by molar-refractivity contribution is -0.121. The molecule has 3 aromatic rings. The van der Waals surface area contributed by atoms with E-state index in [1.807, 2.05) is 6.07 Å². The van der Waals surface area contributed by atoms with Gasteiger partial charge >= 0.3 is 5.92 Å². The van der Waals surface area contributed by atoms with Crippen LogP contribution >= 0.6 is 36.4 Å². The van der Waals surface area contributed by atoms with Gasteiger partial charge in [-0.05, 0) is 48.4 Å². The van der Waals surface area contributed by atoms with E-state index >= 15 is 0 Å². The van der Waals surface area contributed by atoms with E-state index in [9.17, 15) is 23.5 Å². The zero-order valence-electron chi connectivity index (χ0n) is 18.8. The van der Waals surface area contributed by atoms with Gasteiger partial charge in [0.15, 0.2) is 11.5 Å². The van der Waals surface area contributed by atoms with Crippen LogP contribution in [0.25, 0.3) is 0 Å². The monoisotopic (exact) mass is 564 g/mol. The molecule has 9 nitrogen and oxygen atoms in total. The first-order chi connectivity index (χ1) is 16.2. The molecule has 0 saturated heterocycles. The Bertz CT molecular complexity index is 1230. The second-order valence-corrected chi connectivity index (χ2v) is 7.80. The summed E-state index contributed by atoms with van der Waals surface area (Å²) in [6.07, 6.45) is 4.22. The smallest absolute Gasteiger partial charge is 0.310 e. The summed E-state index contributed by atoms with van der Waals surface area (Å²) in [5.41, 5.74) is 5.78. The number of carbonyl (C=O) groups excluding carboxylic acids is 1. The number of benzene rings is 1. The van der Waals surface area contributed by atoms with E-state index in [-0.39, 0.29) is 43.7 Å². The van der Waals surface area contributed by atoms with Crippen LogP contribution in [0.4, 0.5) is 14.6 Å². The average Bonchev–Trinajstić information content (AvgIpc) is 2.80. The number of aromatic hydroxyl groups is 1. The fraction of sp³-hybridized carbons (Fsp3) is 0.273. The number of nitrogens with one attached hydrogen (secondary N) is 2. The van der Waals surface area contributed by atoms with Gasteiger partial charge in [-0.2, -0.15) is 8.78 Å². The fourth-order valence-corrected chi connectivity index (χ4v) is 3.41. The van der Waals surface area contributed by atoms with Crippen molar-refractivity contribution in [1.82, 2.24) is 19.9 Å². The highest BCUT2D eigenvalue weighted by atomic mass is 35.5. The minimum absolute atomic E-state index is 0. The number of amides is 1. The van der Waals surface area contributed by atoms with Gasteiger partial charge in [-0.25, -0.2) is 4.98 Å². The van der Waals surface area contributed by atoms with E-state index in [0.717, 1.165) is 28.0 Å². The van der Waals surface area contributed by atoms with Gasteiger partial charge in [-0.1, -0.05) is 17.7 Å². The van der Waals surface area contributed by atoms with Crippen LogP contribution in [0.1, 0.15) is 16.8 Å². The van der Waals surface area contributed by atoms with Crippen molar-refractivity contribution < 1.29 is 18.7 Å². The Morgan fingerprint density at radius 2 is 1.92 bits per heavy atom. The van der Waals surface area contributed by atoms with E-state index in [1.165, 1.54) is 18.5 Å². The fourth-order valence-electron chi connectivity index (χ4n) is 3.21. The molecule has 0 aliphatic carbocycles. The van der Waals surface area contributed by atoms with Crippen LogP contribution in [0.3, 0.4) is 0 Å². The van der Waals surface area contributed by atoms with Gasteiger partial charge in [0.1, 0.15) is 12.3 Å². The van der Waals surface area contributed by atoms with E-state index in [0.29, 0.717) is 18.0 Å². The third-order valence-corrected chi connectivity index (χ3v) is 5.13. The highest BCUT2D eigenvalue weighted by molar-refractivity contribution is 6.30. The molecular weight excluding hydrogens is 541 g/mol. The summed E-state index contributed by atoms with van der Waals surface area (Å²) < 4.78 is 29.9. The molecule has 0 spiro atoms. The Balaban J connectivity index is 0.00000324. The second kappa shape index (κ2) is 13.9. The van der Waals surface area contributed by atoms with Gasteiger partial charge in [0.2, 0.25) is 5.91 Å². The van der Waals surface area contributed by atoms with Crippen molar-refractivity contribution in [2.24, 2.45) is 5.73 Å². The summed E-state index contributed by atoms with van der Waals surface area (Å²) in [6.45, 7) is -0.766. The Hall–Kier alpha value is -2.99. The van der Waals surface area contributed by atoms with Crippen molar-refractivity contribution in [3.05, 3.63) is 81.1 Å². The van der Waals surface area contributed by atoms with Crippen molar-refractivity contribution in [3.8, 4) is 5.75 Å². The number of alkyl halides is 2. The van der Waals surface area contributed by atoms with Gasteiger partial charge < -0.3 is 26.0 Å². The van der Waals surface area contributed by atoms with Crippen LogP contribution in [0.2, 0.25) is 5.02 Å². The minimum Gasteiger partial charge on any atom is -0.506 e. The van der Waals surface area contributed by atoms with Crippen molar-refractivity contribution in [1.29, 1.82) is 0 Å². The highest BCUT2D eigenvalue weighted by Crippen LogP contribution is 2.32. The van der Waals surface area contributed by atoms with E-state index in [1.54, 1.807) is 12.1 Å². The molecule has 0 atom stereocenters. The number of carbonyl (C=O) groups is 1. The molecule has 0 aliphatic rings. The Labute approximate surface area is 222 Å². The average molecular weight is 566 g/mol. The van der Waals surface area contributed by atoms with Crippen LogP contribution in [0.5, 0.6) is 5.75 Å². The van der Waals surface area contributed by atoms with Crippen LogP contribution in [-0.4, -0.2) is 38.6 Å². The van der Waals surface area contributed by atoms with Gasteiger partial charge in [0, 0.05) is 30.2 Å². The maximum Gasteiger partial charge on any atom is 0.310 e. The largest absolute Gasteiger partial charge is 0.506 e. The molecule has 2 aromatic heterocycles. The van der Waals surface area contributed by atoms with E-state index in [4.69, 9.17) is 17.3 Å². The number of nitrogens with two attached hydrogens (primary N) is 1. The summed E-state index contributed by atoms with van der Waals surface area (Å²) in [6, 6.07) is 7.71. The topological polar surface area (TPSA) is 135 Å². The molecule has 0 radical (unpaired) electrons. The summed E-state index contributed by atoms with van der Waals surface area (Å²) in [4.78, 5) is 32.3. The second-order valence-electron chi connectivity index (χ2n) is 7.37. The standard InChI is InChI=1S/C22H23ClF2N6O3.2ClH/c23-16-4-3-14(5-6-26)15(10-16)11-29-18(33)12-31-9-8-28-20(21(31)34)30-13-22(24,25)19-17(32)2-1-7-27-19;;/h1-4,7-10,32H,5-6,11-13,26H2,(H,28,30)(H,29,33);2*1H. The van der Waals surface area contributed by atoms with Crippen LogP contribution in [0, 0.1) is 0 Å². The number of rotatable bonds is 10. The Morgan fingerprint density at radius 3 is 2.61 bits per heavy atom. The quantitative estimate of drug-likeness (QED) is 0.297. The predicted octanol–water partition coefficient (Wildman–Crippen LogP) is 2.86. The number of hydrogen-bond donors (Lipinski definition) is 4. The third-order valence-electron chi connectivity index (χ3n) is 4.90. The number of nitrogens with zero attached hydrogens (tertiary/aromatic N) is 3. The van der Waals surface area contributed by atoms with Crippen LogP contribution in [0.15, 0.2) is 53.7 Å². The maximum absolute atomic E-state index is 14.4. The molecule has 14 heteroatoms. The molecule has 3 rings (SSSR count). The number of pyridine rings is 1. The van der Waals surface area contributed by atoms with Crippen molar-refractivity contribution in [3.63, 3.8) is 0 Å². The van der Waals surface area contributed by atoms with Crippen LogP contribution < -0.4 is 21.9 Å². The first-order valence-corrected chi connectivity index (χ1v) is 10.6. The summed E-state index contributed by atoms with van der Waals surface area (Å²) in [5.74, 6) is -5.08. The van der Waals surface area contributed by atoms with Gasteiger partial charge in [-0.15, -0.1) is 24.8 Å². The van der Waals surface area contributed by atoms with Gasteiger partial charge in [-0.3, -0.25) is 14.6 Å². The SMILES string of the molecule is Cl.Cl.NCCc1ccc(Cl)cc1CNC(=O)Cn1ccnc(NCC(F)(F)c2ncccc2O)c1=O. The number of halogens is 5. The lowest BCUT2D eigenvalue weighted by atomic mass is 10.0. The lowest BCUT2D eigenvalue weighted by Gasteiger charge is -2.17. The molecular formula is C22H25Cl3F2N6O3. The molecule has 0 unspecified atom stereocenters. The lowest BCUT2D eigenvalue weighted by Crippen LogP contribution is -2.34. The molecule has 36 heavy (non-hydrogen) atoms. The van der Waals surface area contributed by atoms with Gasteiger partial charge in [0.05, 0.1) is 6.54 Å². The predicted molar refractivity (Wildman–Crippen MR) is 137 cm³/mol. The van der Waals surface area contributed by atoms with Crippen molar-refractivity contribution in [2.75, 3.05) is 18.4 Å². The first-order valence-electron chi connectivity index (χ1n) is 10.3. The molecule has 0 fully saturated rings. The molecule has 2 heterocycles. The molecule has 5 N–H and O–H groups in total. The third kappa shape index (κ3) is 8.02. The summed E-state index contributed by atoms with van der Waals surface area (Å²) in [7, 11) is 0. The van der Waals surface area contributed by atoms with E-state index in [2.05, 4.69) is 20.6 Å². The van der Waals surface area contributed by atoms with Gasteiger partial charge in [0.25, 0.3) is 5.56 Å². The van der Waals surface area contributed by atoms with Crippen molar-refractivity contribution in [2.45, 2.75) is 25.4 Å².